The number of hydrogen-bond acceptors (Lipinski definition) is 2. The number of hydrogen-bond donors (Lipinski definition) is 1. The van der Waals surface area contributed by atoms with Crippen LogP contribution >= 0.6 is 11.3 Å². The smallest absolute Gasteiger partial charge is 0.123 e. The van der Waals surface area contributed by atoms with Gasteiger partial charge < -0.3 is 5.73 Å². The fourth-order valence-corrected chi connectivity index (χ4v) is 2.67. The number of halogens is 1. The molecular weight excluding hydrogens is 209 g/mol. The Hall–Kier alpha value is -1.19. The molecule has 0 amide bonds. The first kappa shape index (κ1) is 10.3. The maximum absolute atomic E-state index is 13.1. The number of benzene rings is 1. The highest BCUT2D eigenvalue weighted by Gasteiger charge is 2.08. The third-order valence-electron chi connectivity index (χ3n) is 2.45. The van der Waals surface area contributed by atoms with Crippen LogP contribution < -0.4 is 5.73 Å². The van der Waals surface area contributed by atoms with Gasteiger partial charge in [0.25, 0.3) is 0 Å². The van der Waals surface area contributed by atoms with Gasteiger partial charge in [0.15, 0.2) is 0 Å². The lowest BCUT2D eigenvalue weighted by atomic mass is 10.1. The van der Waals surface area contributed by atoms with Crippen molar-refractivity contribution in [2.45, 2.75) is 13.5 Å². The minimum Gasteiger partial charge on any atom is -0.326 e. The summed E-state index contributed by atoms with van der Waals surface area (Å²) in [6.07, 6.45) is 0. The molecule has 0 aliphatic rings. The minimum absolute atomic E-state index is 0.199. The molecule has 0 aliphatic carbocycles. The van der Waals surface area contributed by atoms with Crippen molar-refractivity contribution in [3.63, 3.8) is 0 Å². The molecule has 1 nitrogen and oxygen atoms in total. The Morgan fingerprint density at radius 2 is 2.20 bits per heavy atom. The molecule has 2 rings (SSSR count). The molecule has 0 saturated carbocycles. The molecule has 78 valence electrons. The van der Waals surface area contributed by atoms with E-state index in [1.54, 1.807) is 23.5 Å². The Balaban J connectivity index is 2.49. The van der Waals surface area contributed by atoms with Gasteiger partial charge in [-0.25, -0.2) is 4.39 Å². The molecule has 1 aromatic heterocycles. The van der Waals surface area contributed by atoms with Crippen molar-refractivity contribution in [2.24, 2.45) is 5.73 Å². The van der Waals surface area contributed by atoms with Crippen LogP contribution in [-0.2, 0) is 6.54 Å². The average molecular weight is 221 g/mol. The van der Waals surface area contributed by atoms with Crippen LogP contribution in [0.2, 0.25) is 0 Å². The van der Waals surface area contributed by atoms with Crippen molar-refractivity contribution in [3.8, 4) is 10.4 Å². The highest BCUT2D eigenvalue weighted by atomic mass is 32.1. The predicted octanol–water partition coefficient (Wildman–Crippen LogP) is 3.32. The van der Waals surface area contributed by atoms with Gasteiger partial charge in [-0.3, -0.25) is 0 Å². The van der Waals surface area contributed by atoms with E-state index in [9.17, 15) is 4.39 Å². The van der Waals surface area contributed by atoms with E-state index in [1.807, 2.05) is 18.4 Å². The summed E-state index contributed by atoms with van der Waals surface area (Å²) in [5.41, 5.74) is 8.83. The van der Waals surface area contributed by atoms with Crippen LogP contribution in [0.3, 0.4) is 0 Å². The van der Waals surface area contributed by atoms with Gasteiger partial charge in [-0.2, -0.15) is 0 Å². The third kappa shape index (κ3) is 1.94. The summed E-state index contributed by atoms with van der Waals surface area (Å²) < 4.78 is 13.1. The van der Waals surface area contributed by atoms with Crippen LogP contribution in [0.4, 0.5) is 4.39 Å². The fourth-order valence-electron chi connectivity index (χ4n) is 1.57. The van der Waals surface area contributed by atoms with Crippen LogP contribution in [0.1, 0.15) is 11.1 Å². The van der Waals surface area contributed by atoms with Gasteiger partial charge in [0.1, 0.15) is 5.82 Å². The molecule has 2 aromatic rings. The summed E-state index contributed by atoms with van der Waals surface area (Å²) in [4.78, 5) is 1.11. The Morgan fingerprint density at radius 3 is 2.80 bits per heavy atom. The van der Waals surface area contributed by atoms with E-state index in [0.29, 0.717) is 6.54 Å². The zero-order valence-electron chi connectivity index (χ0n) is 8.46. The summed E-state index contributed by atoms with van der Waals surface area (Å²) in [5, 5.41) is 2.04. The van der Waals surface area contributed by atoms with Crippen LogP contribution in [-0.4, -0.2) is 0 Å². The summed E-state index contributed by atoms with van der Waals surface area (Å²) in [7, 11) is 0. The van der Waals surface area contributed by atoms with E-state index in [1.165, 1.54) is 6.07 Å². The van der Waals surface area contributed by atoms with Crippen molar-refractivity contribution in [1.29, 1.82) is 0 Å². The Labute approximate surface area is 92.4 Å². The number of thiophene rings is 1. The lowest BCUT2D eigenvalue weighted by molar-refractivity contribution is 0.628. The summed E-state index contributed by atoms with van der Waals surface area (Å²) in [5.74, 6) is -0.199. The molecule has 0 fully saturated rings. The molecule has 15 heavy (non-hydrogen) atoms. The number of rotatable bonds is 2. The Bertz CT molecular complexity index is 476. The molecule has 2 N–H and O–H groups in total. The quantitative estimate of drug-likeness (QED) is 0.827. The van der Waals surface area contributed by atoms with E-state index in [2.05, 4.69) is 0 Å². The van der Waals surface area contributed by atoms with Gasteiger partial charge in [0.05, 0.1) is 0 Å². The monoisotopic (exact) mass is 221 g/mol. The predicted molar refractivity (Wildman–Crippen MR) is 62.3 cm³/mol. The van der Waals surface area contributed by atoms with Crippen molar-refractivity contribution < 1.29 is 4.39 Å². The summed E-state index contributed by atoms with van der Waals surface area (Å²) in [6, 6.07) is 6.66. The average Bonchev–Trinajstić information content (AvgIpc) is 2.59. The van der Waals surface area contributed by atoms with Crippen molar-refractivity contribution in [3.05, 3.63) is 46.6 Å². The first-order valence-corrected chi connectivity index (χ1v) is 5.63. The third-order valence-corrected chi connectivity index (χ3v) is 3.63. The summed E-state index contributed by atoms with van der Waals surface area (Å²) in [6.45, 7) is 2.57. The van der Waals surface area contributed by atoms with Gasteiger partial charge in [0, 0.05) is 11.4 Å². The van der Waals surface area contributed by atoms with Gasteiger partial charge in [-0.1, -0.05) is 12.1 Å². The van der Waals surface area contributed by atoms with Crippen LogP contribution in [0.5, 0.6) is 0 Å². The maximum atomic E-state index is 13.1. The van der Waals surface area contributed by atoms with Crippen molar-refractivity contribution >= 4 is 11.3 Å². The van der Waals surface area contributed by atoms with E-state index in [4.69, 9.17) is 5.73 Å². The van der Waals surface area contributed by atoms with Crippen molar-refractivity contribution in [2.75, 3.05) is 0 Å². The first-order valence-electron chi connectivity index (χ1n) is 4.75. The van der Waals surface area contributed by atoms with E-state index < -0.39 is 0 Å². The first-order chi connectivity index (χ1) is 7.22. The van der Waals surface area contributed by atoms with Crippen LogP contribution in [0.15, 0.2) is 29.6 Å². The Morgan fingerprint density at radius 1 is 1.40 bits per heavy atom. The fraction of sp³-hybridized carbons (Fsp3) is 0.167. The van der Waals surface area contributed by atoms with E-state index >= 15 is 0 Å². The minimum atomic E-state index is -0.199. The topological polar surface area (TPSA) is 26.0 Å². The Kier molecular flexibility index (Phi) is 2.84. The second kappa shape index (κ2) is 4.13. The molecule has 3 heteroatoms. The normalized spacial score (nSPS) is 10.6. The molecule has 0 radical (unpaired) electrons. The SMILES string of the molecule is Cc1c(CN)csc1-c1cccc(F)c1. The maximum Gasteiger partial charge on any atom is 0.123 e. The zero-order valence-corrected chi connectivity index (χ0v) is 9.27. The molecule has 0 atom stereocenters. The van der Waals surface area contributed by atoms with Crippen molar-refractivity contribution in [1.82, 2.24) is 0 Å². The van der Waals surface area contributed by atoms with Gasteiger partial charge in [0.2, 0.25) is 0 Å². The van der Waals surface area contributed by atoms with E-state index in [-0.39, 0.29) is 5.82 Å². The van der Waals surface area contributed by atoms with Gasteiger partial charge >= 0.3 is 0 Å². The molecule has 1 aromatic carbocycles. The van der Waals surface area contributed by atoms with Crippen LogP contribution in [0.25, 0.3) is 10.4 Å². The molecule has 1 heterocycles. The second-order valence-corrected chi connectivity index (χ2v) is 4.31. The van der Waals surface area contributed by atoms with Gasteiger partial charge in [-0.05, 0) is 41.1 Å². The molecular formula is C12H12FNS. The zero-order chi connectivity index (χ0) is 10.8. The highest BCUT2D eigenvalue weighted by molar-refractivity contribution is 7.14. The largest absolute Gasteiger partial charge is 0.326 e. The standard InChI is InChI=1S/C12H12FNS/c1-8-10(6-14)7-15-12(8)9-3-2-4-11(13)5-9/h2-5,7H,6,14H2,1H3. The second-order valence-electron chi connectivity index (χ2n) is 3.43. The highest BCUT2D eigenvalue weighted by Crippen LogP contribution is 2.32. The molecule has 0 bridgehead atoms. The molecule has 0 spiro atoms. The molecule has 0 unspecified atom stereocenters. The van der Waals surface area contributed by atoms with Crippen LogP contribution in [0, 0.1) is 12.7 Å². The van der Waals surface area contributed by atoms with E-state index in [0.717, 1.165) is 21.6 Å². The summed E-state index contributed by atoms with van der Waals surface area (Å²) >= 11 is 1.62. The number of nitrogens with two attached hydrogens (primary N) is 1. The lowest BCUT2D eigenvalue weighted by Crippen LogP contribution is -1.95. The van der Waals surface area contributed by atoms with Gasteiger partial charge in [-0.15, -0.1) is 11.3 Å². The molecule has 0 aliphatic heterocycles. The molecule has 0 saturated heterocycles. The lowest BCUT2D eigenvalue weighted by Gasteiger charge is -2.01.